The van der Waals surface area contributed by atoms with Gasteiger partial charge in [0.15, 0.2) is 0 Å². The first-order valence-corrected chi connectivity index (χ1v) is 8.97. The maximum atomic E-state index is 4.87. The number of hydrogen-bond acceptors (Lipinski definition) is 2. The van der Waals surface area contributed by atoms with E-state index in [1.165, 1.54) is 14.7 Å². The van der Waals surface area contributed by atoms with Crippen molar-refractivity contribution >= 4 is 44.3 Å². The Hall–Kier alpha value is -1.34. The van der Waals surface area contributed by atoms with E-state index in [0.29, 0.717) is 0 Å². The highest BCUT2D eigenvalue weighted by Crippen LogP contribution is 2.34. The standard InChI is InChI=1S/C17H13BrIN3/c18-12-3-7-14(8-4-12)22-17-15(9-10-20-17)16(21-22)11-1-5-13(19)6-2-11/h1-8,20H,9-10H2. The zero-order chi connectivity index (χ0) is 15.1. The molecule has 1 aromatic heterocycles. The molecule has 0 saturated heterocycles. The molecular weight excluding hydrogens is 453 g/mol. The van der Waals surface area contributed by atoms with Gasteiger partial charge in [0.05, 0.1) is 11.4 Å². The Labute approximate surface area is 151 Å². The lowest BCUT2D eigenvalue weighted by Crippen LogP contribution is -2.04. The summed E-state index contributed by atoms with van der Waals surface area (Å²) in [6.45, 7) is 0.973. The summed E-state index contributed by atoms with van der Waals surface area (Å²) in [4.78, 5) is 0. The van der Waals surface area contributed by atoms with E-state index in [2.05, 4.69) is 80.2 Å². The van der Waals surface area contributed by atoms with E-state index in [4.69, 9.17) is 5.10 Å². The molecule has 0 amide bonds. The van der Waals surface area contributed by atoms with Gasteiger partial charge < -0.3 is 5.32 Å². The summed E-state index contributed by atoms with van der Waals surface area (Å²) >= 11 is 5.81. The van der Waals surface area contributed by atoms with Crippen LogP contribution in [0.4, 0.5) is 5.82 Å². The summed E-state index contributed by atoms with van der Waals surface area (Å²) in [5.74, 6) is 1.12. The number of anilines is 1. The lowest BCUT2D eigenvalue weighted by Gasteiger charge is -2.06. The number of hydrogen-bond donors (Lipinski definition) is 1. The van der Waals surface area contributed by atoms with Crippen molar-refractivity contribution in [3.8, 4) is 16.9 Å². The number of aromatic nitrogens is 2. The largest absolute Gasteiger partial charge is 0.369 e. The summed E-state index contributed by atoms with van der Waals surface area (Å²) in [6.07, 6.45) is 1.02. The third-order valence-corrected chi connectivity index (χ3v) is 5.09. The SMILES string of the molecule is Brc1ccc(-n2nc(-c3ccc(I)cc3)c3c2NCC3)cc1. The molecule has 22 heavy (non-hydrogen) atoms. The number of benzene rings is 2. The van der Waals surface area contributed by atoms with E-state index in [-0.39, 0.29) is 0 Å². The Balaban J connectivity index is 1.86. The fourth-order valence-corrected chi connectivity index (χ4v) is 3.41. The molecule has 1 aliphatic heterocycles. The van der Waals surface area contributed by atoms with Gasteiger partial charge in [-0.3, -0.25) is 0 Å². The van der Waals surface area contributed by atoms with Gasteiger partial charge in [0, 0.05) is 25.7 Å². The Morgan fingerprint density at radius 1 is 1.05 bits per heavy atom. The molecule has 0 unspecified atom stereocenters. The Morgan fingerprint density at radius 2 is 1.77 bits per heavy atom. The number of nitrogens with zero attached hydrogens (tertiary/aromatic N) is 2. The first kappa shape index (κ1) is 14.3. The monoisotopic (exact) mass is 465 g/mol. The van der Waals surface area contributed by atoms with Crippen LogP contribution in [0.1, 0.15) is 5.56 Å². The van der Waals surface area contributed by atoms with Crippen LogP contribution in [0.15, 0.2) is 53.0 Å². The molecule has 0 aliphatic carbocycles. The second-order valence-electron chi connectivity index (χ2n) is 5.25. The van der Waals surface area contributed by atoms with Crippen LogP contribution in [0.5, 0.6) is 0 Å². The van der Waals surface area contributed by atoms with Crippen LogP contribution in [-0.4, -0.2) is 16.3 Å². The van der Waals surface area contributed by atoms with E-state index >= 15 is 0 Å². The number of rotatable bonds is 2. The second-order valence-corrected chi connectivity index (χ2v) is 7.41. The molecule has 0 fully saturated rings. The van der Waals surface area contributed by atoms with Crippen LogP contribution in [-0.2, 0) is 6.42 Å². The van der Waals surface area contributed by atoms with Crippen LogP contribution in [0.3, 0.4) is 0 Å². The minimum atomic E-state index is 0.973. The van der Waals surface area contributed by atoms with Crippen LogP contribution < -0.4 is 5.32 Å². The summed E-state index contributed by atoms with van der Waals surface area (Å²) < 4.78 is 4.33. The molecule has 1 N–H and O–H groups in total. The van der Waals surface area contributed by atoms with Gasteiger partial charge in [0.1, 0.15) is 5.82 Å². The molecule has 2 heterocycles. The van der Waals surface area contributed by atoms with Gasteiger partial charge in [0.2, 0.25) is 0 Å². The normalized spacial score (nSPS) is 13.0. The molecule has 3 aromatic rings. The quantitative estimate of drug-likeness (QED) is 0.547. The predicted octanol–water partition coefficient (Wildman–Crippen LogP) is 4.87. The summed E-state index contributed by atoms with van der Waals surface area (Å²) in [7, 11) is 0. The topological polar surface area (TPSA) is 29.9 Å². The predicted molar refractivity (Wildman–Crippen MR) is 102 cm³/mol. The molecule has 1 aliphatic rings. The van der Waals surface area contributed by atoms with Crippen LogP contribution in [0.25, 0.3) is 16.9 Å². The number of halogens is 2. The van der Waals surface area contributed by atoms with E-state index in [1.54, 1.807) is 0 Å². The van der Waals surface area contributed by atoms with E-state index in [9.17, 15) is 0 Å². The minimum Gasteiger partial charge on any atom is -0.369 e. The molecule has 0 radical (unpaired) electrons. The molecule has 3 nitrogen and oxygen atoms in total. The third-order valence-electron chi connectivity index (χ3n) is 3.84. The second kappa shape index (κ2) is 5.70. The molecular formula is C17H13BrIN3. The first-order chi connectivity index (χ1) is 10.7. The van der Waals surface area contributed by atoms with Crippen molar-refractivity contribution in [2.75, 3.05) is 11.9 Å². The van der Waals surface area contributed by atoms with Crippen molar-refractivity contribution in [1.29, 1.82) is 0 Å². The van der Waals surface area contributed by atoms with Crippen molar-refractivity contribution in [1.82, 2.24) is 9.78 Å². The fourth-order valence-electron chi connectivity index (χ4n) is 2.78. The van der Waals surface area contributed by atoms with Crippen molar-refractivity contribution in [2.24, 2.45) is 0 Å². The first-order valence-electron chi connectivity index (χ1n) is 7.10. The van der Waals surface area contributed by atoms with Crippen LogP contribution in [0, 0.1) is 3.57 Å². The third kappa shape index (κ3) is 2.46. The molecule has 2 aromatic carbocycles. The molecule has 0 spiro atoms. The van der Waals surface area contributed by atoms with Gasteiger partial charge >= 0.3 is 0 Å². The zero-order valence-corrected chi connectivity index (χ0v) is 15.4. The maximum absolute atomic E-state index is 4.87. The van der Waals surface area contributed by atoms with E-state index in [0.717, 1.165) is 34.6 Å². The van der Waals surface area contributed by atoms with Gasteiger partial charge in [-0.25, -0.2) is 4.68 Å². The highest BCUT2D eigenvalue weighted by Gasteiger charge is 2.23. The van der Waals surface area contributed by atoms with Crippen LogP contribution in [0.2, 0.25) is 0 Å². The average Bonchev–Trinajstić information content (AvgIpc) is 3.12. The number of nitrogens with one attached hydrogen (secondary N) is 1. The lowest BCUT2D eigenvalue weighted by molar-refractivity contribution is 0.882. The van der Waals surface area contributed by atoms with Crippen molar-refractivity contribution in [3.05, 3.63) is 62.1 Å². The molecule has 110 valence electrons. The summed E-state index contributed by atoms with van der Waals surface area (Å²) in [5, 5.41) is 8.34. The maximum Gasteiger partial charge on any atom is 0.133 e. The summed E-state index contributed by atoms with van der Waals surface area (Å²) in [6, 6.07) is 16.8. The lowest BCUT2D eigenvalue weighted by atomic mass is 10.1. The smallest absolute Gasteiger partial charge is 0.133 e. The Morgan fingerprint density at radius 3 is 2.50 bits per heavy atom. The van der Waals surface area contributed by atoms with Crippen molar-refractivity contribution < 1.29 is 0 Å². The Kier molecular flexibility index (Phi) is 3.69. The molecule has 0 bridgehead atoms. The minimum absolute atomic E-state index is 0.973. The van der Waals surface area contributed by atoms with Crippen LogP contribution >= 0.6 is 38.5 Å². The summed E-state index contributed by atoms with van der Waals surface area (Å²) in [5.41, 5.74) is 4.64. The Bertz CT molecular complexity index is 754. The van der Waals surface area contributed by atoms with Gasteiger partial charge in [-0.05, 0) is 65.4 Å². The van der Waals surface area contributed by atoms with Gasteiger partial charge in [-0.2, -0.15) is 5.10 Å². The highest BCUT2D eigenvalue weighted by molar-refractivity contribution is 14.1. The molecule has 4 rings (SSSR count). The van der Waals surface area contributed by atoms with Gasteiger partial charge in [-0.15, -0.1) is 0 Å². The van der Waals surface area contributed by atoms with Gasteiger partial charge in [-0.1, -0.05) is 28.1 Å². The zero-order valence-electron chi connectivity index (χ0n) is 11.7. The van der Waals surface area contributed by atoms with Crippen molar-refractivity contribution in [2.45, 2.75) is 6.42 Å². The fraction of sp³-hybridized carbons (Fsp3) is 0.118. The van der Waals surface area contributed by atoms with Crippen molar-refractivity contribution in [3.63, 3.8) is 0 Å². The molecule has 0 saturated carbocycles. The average molecular weight is 466 g/mol. The van der Waals surface area contributed by atoms with Gasteiger partial charge in [0.25, 0.3) is 0 Å². The highest BCUT2D eigenvalue weighted by atomic mass is 127. The number of fused-ring (bicyclic) bond motifs is 1. The molecule has 5 heteroatoms. The van der Waals surface area contributed by atoms with E-state index < -0.39 is 0 Å². The molecule has 0 atom stereocenters. The van der Waals surface area contributed by atoms with E-state index in [1.807, 2.05) is 16.8 Å².